The number of ether oxygens (including phenoxy) is 1. The van der Waals surface area contributed by atoms with Gasteiger partial charge in [-0.3, -0.25) is 0 Å². The molecule has 1 nitrogen and oxygen atoms in total. The van der Waals surface area contributed by atoms with Crippen LogP contribution < -0.4 is 0 Å². The molecule has 1 aliphatic rings. The highest BCUT2D eigenvalue weighted by atomic mass is 16.5. The summed E-state index contributed by atoms with van der Waals surface area (Å²) in [5.74, 6) is 0.455. The highest BCUT2D eigenvalue weighted by Crippen LogP contribution is 2.28. The van der Waals surface area contributed by atoms with E-state index in [1.54, 1.807) is 0 Å². The Kier molecular flexibility index (Phi) is 3.98. The van der Waals surface area contributed by atoms with E-state index in [1.165, 1.54) is 16.7 Å². The van der Waals surface area contributed by atoms with Crippen molar-refractivity contribution in [3.05, 3.63) is 89.7 Å². The number of allylic oxidation sites excluding steroid dienone is 2. The zero-order valence-electron chi connectivity index (χ0n) is 11.4. The molecule has 1 unspecified atom stereocenters. The molecule has 0 radical (unpaired) electrons. The van der Waals surface area contributed by atoms with Gasteiger partial charge in [-0.2, -0.15) is 0 Å². The fourth-order valence-corrected chi connectivity index (χ4v) is 2.48. The van der Waals surface area contributed by atoms with Gasteiger partial charge in [0.05, 0.1) is 12.9 Å². The Balaban J connectivity index is 1.70. The fraction of sp³-hybridized carbons (Fsp3) is 0.158. The average Bonchev–Trinajstić information content (AvgIpc) is 2.55. The monoisotopic (exact) mass is 262 g/mol. The second kappa shape index (κ2) is 6.25. The summed E-state index contributed by atoms with van der Waals surface area (Å²) in [5, 5.41) is 0. The molecule has 0 aromatic heterocycles. The molecule has 2 aromatic carbocycles. The van der Waals surface area contributed by atoms with Crippen LogP contribution in [-0.4, -0.2) is 6.61 Å². The number of hydrogen-bond donors (Lipinski definition) is 0. The third-order valence-corrected chi connectivity index (χ3v) is 3.57. The van der Waals surface area contributed by atoms with Gasteiger partial charge in [0.15, 0.2) is 0 Å². The molecule has 0 spiro atoms. The van der Waals surface area contributed by atoms with Crippen molar-refractivity contribution in [3.8, 4) is 0 Å². The molecule has 0 saturated heterocycles. The van der Waals surface area contributed by atoms with E-state index in [0.717, 1.165) is 13.0 Å². The van der Waals surface area contributed by atoms with E-state index in [2.05, 4.69) is 66.7 Å². The molecule has 1 atom stereocenters. The van der Waals surface area contributed by atoms with Gasteiger partial charge < -0.3 is 4.74 Å². The van der Waals surface area contributed by atoms with Crippen molar-refractivity contribution in [1.29, 1.82) is 0 Å². The lowest BCUT2D eigenvalue weighted by atomic mass is 9.91. The minimum absolute atomic E-state index is 0.455. The normalized spacial score (nSPS) is 18.6. The summed E-state index contributed by atoms with van der Waals surface area (Å²) in [6, 6.07) is 20.9. The van der Waals surface area contributed by atoms with Gasteiger partial charge in [-0.05, 0) is 23.1 Å². The van der Waals surface area contributed by atoms with E-state index in [-0.39, 0.29) is 0 Å². The van der Waals surface area contributed by atoms with Crippen molar-refractivity contribution in [1.82, 2.24) is 0 Å². The van der Waals surface area contributed by atoms with Crippen LogP contribution in [0, 0.1) is 0 Å². The molecular formula is C19H18O. The highest BCUT2D eigenvalue weighted by Gasteiger charge is 2.16. The molecule has 0 aliphatic carbocycles. The van der Waals surface area contributed by atoms with Crippen LogP contribution in [0.1, 0.15) is 23.5 Å². The Morgan fingerprint density at radius 1 is 0.850 bits per heavy atom. The molecular weight excluding hydrogens is 244 g/mol. The first kappa shape index (κ1) is 12.7. The second-order valence-electron chi connectivity index (χ2n) is 5.08. The zero-order valence-corrected chi connectivity index (χ0v) is 11.4. The van der Waals surface area contributed by atoms with Crippen molar-refractivity contribution < 1.29 is 4.74 Å². The maximum Gasteiger partial charge on any atom is 0.0945 e. The SMILES string of the molecule is C1=C(/C=C/c2ccccc2)CC(c2ccccc2)CO1. The summed E-state index contributed by atoms with van der Waals surface area (Å²) >= 11 is 0. The Hall–Kier alpha value is -2.28. The molecule has 0 fully saturated rings. The van der Waals surface area contributed by atoms with Gasteiger partial charge in [0.25, 0.3) is 0 Å². The van der Waals surface area contributed by atoms with E-state index in [4.69, 9.17) is 4.74 Å². The van der Waals surface area contributed by atoms with E-state index in [0.29, 0.717) is 5.92 Å². The molecule has 100 valence electrons. The summed E-state index contributed by atoms with van der Waals surface area (Å²) in [5.41, 5.74) is 3.82. The molecule has 0 saturated carbocycles. The highest BCUT2D eigenvalue weighted by molar-refractivity contribution is 5.52. The predicted octanol–water partition coefficient (Wildman–Crippen LogP) is 4.79. The Labute approximate surface area is 120 Å². The Bertz CT molecular complexity index is 596. The van der Waals surface area contributed by atoms with E-state index >= 15 is 0 Å². The van der Waals surface area contributed by atoms with Gasteiger partial charge in [0, 0.05) is 5.92 Å². The van der Waals surface area contributed by atoms with Crippen LogP contribution >= 0.6 is 0 Å². The van der Waals surface area contributed by atoms with Gasteiger partial charge >= 0.3 is 0 Å². The summed E-state index contributed by atoms with van der Waals surface area (Å²) in [6.07, 6.45) is 7.22. The number of rotatable bonds is 3. The molecule has 0 bridgehead atoms. The molecule has 20 heavy (non-hydrogen) atoms. The van der Waals surface area contributed by atoms with Crippen molar-refractivity contribution in [2.75, 3.05) is 6.61 Å². The van der Waals surface area contributed by atoms with Crippen molar-refractivity contribution >= 4 is 6.08 Å². The molecule has 2 aromatic rings. The summed E-state index contributed by atoms with van der Waals surface area (Å²) in [4.78, 5) is 0. The Morgan fingerprint density at radius 2 is 1.55 bits per heavy atom. The van der Waals surface area contributed by atoms with Crippen LogP contribution in [0.15, 0.2) is 78.6 Å². The summed E-state index contributed by atoms with van der Waals surface area (Å²) in [7, 11) is 0. The average molecular weight is 262 g/mol. The van der Waals surface area contributed by atoms with Crippen LogP contribution in [0.4, 0.5) is 0 Å². The predicted molar refractivity (Wildman–Crippen MR) is 83.3 cm³/mol. The lowest BCUT2D eigenvalue weighted by molar-refractivity contribution is 0.206. The lowest BCUT2D eigenvalue weighted by Crippen LogP contribution is -2.11. The topological polar surface area (TPSA) is 9.23 Å². The van der Waals surface area contributed by atoms with Crippen molar-refractivity contribution in [2.24, 2.45) is 0 Å². The molecule has 3 rings (SSSR count). The van der Waals surface area contributed by atoms with Crippen LogP contribution in [-0.2, 0) is 4.74 Å². The second-order valence-corrected chi connectivity index (χ2v) is 5.08. The van der Waals surface area contributed by atoms with Crippen LogP contribution in [0.5, 0.6) is 0 Å². The van der Waals surface area contributed by atoms with Crippen molar-refractivity contribution in [2.45, 2.75) is 12.3 Å². The molecule has 0 amide bonds. The van der Waals surface area contributed by atoms with Crippen LogP contribution in [0.3, 0.4) is 0 Å². The quantitative estimate of drug-likeness (QED) is 0.773. The van der Waals surface area contributed by atoms with Gasteiger partial charge in [0.2, 0.25) is 0 Å². The van der Waals surface area contributed by atoms with E-state index in [1.807, 2.05) is 12.3 Å². The largest absolute Gasteiger partial charge is 0.500 e. The fourth-order valence-electron chi connectivity index (χ4n) is 2.48. The number of hydrogen-bond acceptors (Lipinski definition) is 1. The first-order valence-electron chi connectivity index (χ1n) is 7.00. The first-order chi connectivity index (χ1) is 9.92. The number of benzene rings is 2. The molecule has 0 N–H and O–H groups in total. The van der Waals surface area contributed by atoms with Crippen LogP contribution in [0.25, 0.3) is 6.08 Å². The molecule has 1 heteroatoms. The Morgan fingerprint density at radius 3 is 2.30 bits per heavy atom. The maximum atomic E-state index is 5.62. The third kappa shape index (κ3) is 3.18. The lowest BCUT2D eigenvalue weighted by Gasteiger charge is -2.22. The van der Waals surface area contributed by atoms with Crippen LogP contribution in [0.2, 0.25) is 0 Å². The summed E-state index contributed by atoms with van der Waals surface area (Å²) < 4.78 is 5.62. The third-order valence-electron chi connectivity index (χ3n) is 3.57. The molecule has 1 heterocycles. The van der Waals surface area contributed by atoms with Gasteiger partial charge in [-0.1, -0.05) is 72.8 Å². The maximum absolute atomic E-state index is 5.62. The minimum Gasteiger partial charge on any atom is -0.500 e. The van der Waals surface area contributed by atoms with Crippen molar-refractivity contribution in [3.63, 3.8) is 0 Å². The smallest absolute Gasteiger partial charge is 0.0945 e. The summed E-state index contributed by atoms with van der Waals surface area (Å²) in [6.45, 7) is 0.771. The van der Waals surface area contributed by atoms with E-state index in [9.17, 15) is 0 Å². The minimum atomic E-state index is 0.455. The molecule has 1 aliphatic heterocycles. The zero-order chi connectivity index (χ0) is 13.6. The van der Waals surface area contributed by atoms with Gasteiger partial charge in [0.1, 0.15) is 0 Å². The standard InChI is InChI=1S/C19H18O/c1-3-7-16(8-4-1)11-12-17-13-19(15-20-14-17)18-9-5-2-6-10-18/h1-12,14,19H,13,15H2/b12-11+. The van der Waals surface area contributed by atoms with E-state index < -0.39 is 0 Å². The van der Waals surface area contributed by atoms with Gasteiger partial charge in [-0.15, -0.1) is 0 Å². The van der Waals surface area contributed by atoms with Gasteiger partial charge in [-0.25, -0.2) is 0 Å². The first-order valence-corrected chi connectivity index (χ1v) is 7.00.